The van der Waals surface area contributed by atoms with Crippen LogP contribution in [0.25, 0.3) is 0 Å². The van der Waals surface area contributed by atoms with E-state index < -0.39 is 15.9 Å². The van der Waals surface area contributed by atoms with Crippen molar-refractivity contribution < 1.29 is 18.0 Å². The van der Waals surface area contributed by atoms with Crippen molar-refractivity contribution in [3.05, 3.63) is 29.8 Å². The van der Waals surface area contributed by atoms with Gasteiger partial charge in [-0.25, -0.2) is 8.42 Å². The molecular formula is C18H27N3O4S. The third kappa shape index (κ3) is 5.54. The highest BCUT2D eigenvalue weighted by molar-refractivity contribution is 7.89. The van der Waals surface area contributed by atoms with Gasteiger partial charge in [-0.1, -0.05) is 20.3 Å². The summed E-state index contributed by atoms with van der Waals surface area (Å²) in [5.74, 6) is -0.327. The fourth-order valence-electron chi connectivity index (χ4n) is 2.68. The quantitative estimate of drug-likeness (QED) is 0.745. The van der Waals surface area contributed by atoms with Gasteiger partial charge in [-0.3, -0.25) is 9.59 Å². The number of nitrogens with zero attached hydrogens (tertiary/aromatic N) is 1. The lowest BCUT2D eigenvalue weighted by molar-refractivity contribution is -0.120. The predicted molar refractivity (Wildman–Crippen MR) is 99.2 cm³/mol. The summed E-state index contributed by atoms with van der Waals surface area (Å²) in [5.41, 5.74) is 0.319. The van der Waals surface area contributed by atoms with Crippen molar-refractivity contribution in [3.63, 3.8) is 0 Å². The van der Waals surface area contributed by atoms with Crippen LogP contribution < -0.4 is 10.6 Å². The molecule has 2 N–H and O–H groups in total. The van der Waals surface area contributed by atoms with Gasteiger partial charge in [0, 0.05) is 25.2 Å². The van der Waals surface area contributed by atoms with Gasteiger partial charge >= 0.3 is 0 Å². The van der Waals surface area contributed by atoms with Crippen molar-refractivity contribution in [2.75, 3.05) is 26.2 Å². The Labute approximate surface area is 155 Å². The van der Waals surface area contributed by atoms with Gasteiger partial charge in [0.15, 0.2) is 0 Å². The summed E-state index contributed by atoms with van der Waals surface area (Å²) in [6, 6.07) is 5.83. The molecule has 0 aromatic heterocycles. The third-order valence-corrected chi connectivity index (χ3v) is 6.10. The van der Waals surface area contributed by atoms with E-state index in [-0.39, 0.29) is 17.3 Å². The summed E-state index contributed by atoms with van der Waals surface area (Å²) in [6.07, 6.45) is 2.80. The number of carbonyl (C=O) groups excluding carboxylic acids is 2. The summed E-state index contributed by atoms with van der Waals surface area (Å²) >= 11 is 0. The van der Waals surface area contributed by atoms with E-state index in [9.17, 15) is 18.0 Å². The minimum Gasteiger partial charge on any atom is -0.354 e. The molecule has 2 rings (SSSR count). The van der Waals surface area contributed by atoms with E-state index in [0.717, 1.165) is 19.3 Å². The zero-order valence-electron chi connectivity index (χ0n) is 15.3. The molecule has 1 heterocycles. The van der Waals surface area contributed by atoms with Crippen molar-refractivity contribution in [1.82, 2.24) is 14.9 Å². The molecule has 1 fully saturated rings. The monoisotopic (exact) mass is 381 g/mol. The van der Waals surface area contributed by atoms with Gasteiger partial charge in [-0.15, -0.1) is 0 Å². The Morgan fingerprint density at radius 3 is 2.23 bits per heavy atom. The highest BCUT2D eigenvalue weighted by Gasteiger charge is 2.25. The van der Waals surface area contributed by atoms with Gasteiger partial charge in [0.2, 0.25) is 15.9 Å². The predicted octanol–water partition coefficient (Wildman–Crippen LogP) is 1.36. The molecule has 144 valence electrons. The molecule has 1 aromatic carbocycles. The lowest BCUT2D eigenvalue weighted by atomic mass is 10.2. The van der Waals surface area contributed by atoms with Crippen LogP contribution in [0.5, 0.6) is 0 Å². The fraction of sp³-hybridized carbons (Fsp3) is 0.556. The average Bonchev–Trinajstić information content (AvgIpc) is 2.65. The number of hydrogen-bond acceptors (Lipinski definition) is 4. The van der Waals surface area contributed by atoms with Gasteiger partial charge in [-0.2, -0.15) is 4.31 Å². The van der Waals surface area contributed by atoms with E-state index >= 15 is 0 Å². The van der Waals surface area contributed by atoms with Gasteiger partial charge in [0.05, 0.1) is 11.4 Å². The van der Waals surface area contributed by atoms with Gasteiger partial charge in [0.25, 0.3) is 5.91 Å². The van der Waals surface area contributed by atoms with Crippen LogP contribution in [0.3, 0.4) is 0 Å². The molecule has 0 spiro atoms. The van der Waals surface area contributed by atoms with Crippen molar-refractivity contribution in [3.8, 4) is 0 Å². The summed E-state index contributed by atoms with van der Waals surface area (Å²) in [7, 11) is -3.51. The topological polar surface area (TPSA) is 95.6 Å². The maximum Gasteiger partial charge on any atom is 0.251 e. The highest BCUT2D eigenvalue weighted by atomic mass is 32.2. The molecule has 7 nitrogen and oxygen atoms in total. The maximum atomic E-state index is 12.6. The van der Waals surface area contributed by atoms with Crippen LogP contribution >= 0.6 is 0 Å². The first-order chi connectivity index (χ1) is 12.3. The van der Waals surface area contributed by atoms with Crippen molar-refractivity contribution in [2.45, 2.75) is 38.0 Å². The van der Waals surface area contributed by atoms with Crippen molar-refractivity contribution in [1.29, 1.82) is 0 Å². The van der Waals surface area contributed by atoms with Crippen LogP contribution in [-0.2, 0) is 14.8 Å². The molecule has 26 heavy (non-hydrogen) atoms. The first kappa shape index (κ1) is 20.4. The van der Waals surface area contributed by atoms with Gasteiger partial charge in [0.1, 0.15) is 0 Å². The molecule has 0 radical (unpaired) electrons. The number of piperidine rings is 1. The number of hydrogen-bond donors (Lipinski definition) is 2. The van der Waals surface area contributed by atoms with E-state index in [0.29, 0.717) is 31.1 Å². The van der Waals surface area contributed by atoms with Crippen molar-refractivity contribution >= 4 is 21.8 Å². The molecule has 0 bridgehead atoms. The molecule has 1 aliphatic heterocycles. The molecule has 1 aromatic rings. The second-order valence-electron chi connectivity index (χ2n) is 6.87. The Morgan fingerprint density at radius 1 is 1.04 bits per heavy atom. The summed E-state index contributed by atoms with van der Waals surface area (Å²) in [4.78, 5) is 23.9. The van der Waals surface area contributed by atoms with Crippen LogP contribution in [0.4, 0.5) is 0 Å². The number of carbonyl (C=O) groups is 2. The summed E-state index contributed by atoms with van der Waals surface area (Å²) < 4.78 is 26.7. The van der Waals surface area contributed by atoms with Gasteiger partial charge in [-0.05, 0) is 43.0 Å². The van der Waals surface area contributed by atoms with E-state index in [1.54, 1.807) is 0 Å². The molecule has 1 aliphatic rings. The zero-order chi connectivity index (χ0) is 19.2. The highest BCUT2D eigenvalue weighted by Crippen LogP contribution is 2.20. The van der Waals surface area contributed by atoms with E-state index in [1.807, 2.05) is 13.8 Å². The first-order valence-electron chi connectivity index (χ1n) is 8.96. The van der Waals surface area contributed by atoms with E-state index in [1.165, 1.54) is 28.6 Å². The number of sulfonamides is 1. The molecule has 0 atom stereocenters. The lowest BCUT2D eigenvalue weighted by Gasteiger charge is -2.25. The SMILES string of the molecule is CC(C)CNC(=O)CNC(=O)c1ccc(S(=O)(=O)N2CCCCC2)cc1. The van der Waals surface area contributed by atoms with Crippen LogP contribution in [0.15, 0.2) is 29.2 Å². The van der Waals surface area contributed by atoms with Crippen LogP contribution in [0.2, 0.25) is 0 Å². The number of nitrogens with one attached hydrogen (secondary N) is 2. The van der Waals surface area contributed by atoms with Crippen LogP contribution in [0, 0.1) is 5.92 Å². The van der Waals surface area contributed by atoms with E-state index in [4.69, 9.17) is 0 Å². The molecular weight excluding hydrogens is 354 g/mol. The summed E-state index contributed by atoms with van der Waals surface area (Å²) in [6.45, 7) is 5.49. The number of rotatable bonds is 7. The average molecular weight is 381 g/mol. The Hall–Kier alpha value is -1.93. The Morgan fingerprint density at radius 2 is 1.65 bits per heavy atom. The Bertz CT molecular complexity index is 723. The molecule has 8 heteroatoms. The normalized spacial score (nSPS) is 15.7. The fourth-order valence-corrected chi connectivity index (χ4v) is 4.19. The molecule has 0 unspecified atom stereocenters. The molecule has 1 saturated heterocycles. The van der Waals surface area contributed by atoms with Crippen LogP contribution in [-0.4, -0.2) is 50.7 Å². The minimum absolute atomic E-state index is 0.112. The number of benzene rings is 1. The standard InChI is InChI=1S/C18H27N3O4S/c1-14(2)12-19-17(22)13-20-18(23)15-6-8-16(9-7-15)26(24,25)21-10-4-3-5-11-21/h6-9,14H,3-5,10-13H2,1-2H3,(H,19,22)(H,20,23). The second kappa shape index (κ2) is 9.14. The second-order valence-corrected chi connectivity index (χ2v) is 8.81. The Kier molecular flexibility index (Phi) is 7.16. The zero-order valence-corrected chi connectivity index (χ0v) is 16.1. The van der Waals surface area contributed by atoms with Gasteiger partial charge < -0.3 is 10.6 Å². The molecule has 0 saturated carbocycles. The summed E-state index contributed by atoms with van der Waals surface area (Å²) in [5, 5.41) is 5.25. The lowest BCUT2D eigenvalue weighted by Crippen LogP contribution is -2.38. The number of amides is 2. The smallest absolute Gasteiger partial charge is 0.251 e. The minimum atomic E-state index is -3.51. The van der Waals surface area contributed by atoms with E-state index in [2.05, 4.69) is 10.6 Å². The van der Waals surface area contributed by atoms with Crippen molar-refractivity contribution in [2.24, 2.45) is 5.92 Å². The molecule has 0 aliphatic carbocycles. The molecule has 2 amide bonds. The third-order valence-electron chi connectivity index (χ3n) is 4.19. The largest absolute Gasteiger partial charge is 0.354 e. The van der Waals surface area contributed by atoms with Crippen LogP contribution in [0.1, 0.15) is 43.5 Å². The Balaban J connectivity index is 1.93. The first-order valence-corrected chi connectivity index (χ1v) is 10.4. The maximum absolute atomic E-state index is 12.6.